The Morgan fingerprint density at radius 3 is 2.52 bits per heavy atom. The zero-order chi connectivity index (χ0) is 21.8. The number of hydrogen-bond donors (Lipinski definition) is 0. The fourth-order valence-electron chi connectivity index (χ4n) is 5.28. The van der Waals surface area contributed by atoms with Crippen molar-refractivity contribution in [2.75, 3.05) is 57.9 Å². The lowest BCUT2D eigenvalue weighted by atomic mass is 9.78. The number of amides is 2. The molecule has 0 radical (unpaired) electrons. The molecule has 1 aromatic rings. The smallest absolute Gasteiger partial charge is 0.222 e. The van der Waals surface area contributed by atoms with Gasteiger partial charge in [-0.05, 0) is 43.7 Å². The number of piperidine rings is 1. The van der Waals surface area contributed by atoms with E-state index in [4.69, 9.17) is 9.47 Å². The number of hydrogen-bond acceptors (Lipinski definition) is 5. The Balaban J connectivity index is 1.26. The van der Waals surface area contributed by atoms with Crippen LogP contribution >= 0.6 is 0 Å². The molecule has 3 aliphatic rings. The van der Waals surface area contributed by atoms with Gasteiger partial charge in [0, 0.05) is 71.0 Å². The minimum absolute atomic E-state index is 0.139. The number of ether oxygens (including phenoxy) is 2. The predicted molar refractivity (Wildman–Crippen MR) is 119 cm³/mol. The van der Waals surface area contributed by atoms with Crippen LogP contribution in [0.3, 0.4) is 0 Å². The van der Waals surface area contributed by atoms with Crippen LogP contribution in [0.4, 0.5) is 5.69 Å². The van der Waals surface area contributed by atoms with Gasteiger partial charge in [-0.15, -0.1) is 0 Å². The summed E-state index contributed by atoms with van der Waals surface area (Å²) in [5.41, 5.74) is 1.01. The quantitative estimate of drug-likeness (QED) is 0.736. The summed E-state index contributed by atoms with van der Waals surface area (Å²) in [6, 6.07) is 8.11. The second-order valence-corrected chi connectivity index (χ2v) is 9.17. The van der Waals surface area contributed by atoms with Crippen LogP contribution in [0.5, 0.6) is 5.75 Å². The van der Waals surface area contributed by atoms with E-state index in [9.17, 15) is 9.59 Å². The molecular formula is C24H35N3O4. The molecule has 1 atom stereocenters. The highest BCUT2D eigenvalue weighted by atomic mass is 16.5. The molecule has 2 amide bonds. The summed E-state index contributed by atoms with van der Waals surface area (Å²) in [6.45, 7) is 7.10. The molecule has 1 spiro atoms. The molecule has 7 nitrogen and oxygen atoms in total. The summed E-state index contributed by atoms with van der Waals surface area (Å²) in [6.07, 6.45) is 4.27. The molecule has 4 rings (SSSR count). The Hall–Kier alpha value is -2.28. The maximum absolute atomic E-state index is 13.0. The number of carbonyl (C=O) groups excluding carboxylic acids is 2. The molecule has 31 heavy (non-hydrogen) atoms. The first-order chi connectivity index (χ1) is 15.0. The van der Waals surface area contributed by atoms with E-state index in [0.717, 1.165) is 83.0 Å². The zero-order valence-electron chi connectivity index (χ0n) is 18.8. The van der Waals surface area contributed by atoms with Crippen LogP contribution in [0.25, 0.3) is 0 Å². The van der Waals surface area contributed by atoms with Gasteiger partial charge in [-0.2, -0.15) is 0 Å². The number of carbonyl (C=O) groups is 2. The second-order valence-electron chi connectivity index (χ2n) is 9.17. The van der Waals surface area contributed by atoms with Crippen molar-refractivity contribution in [1.82, 2.24) is 9.80 Å². The van der Waals surface area contributed by atoms with Crippen molar-refractivity contribution in [2.45, 2.75) is 44.6 Å². The lowest BCUT2D eigenvalue weighted by Gasteiger charge is -2.46. The van der Waals surface area contributed by atoms with Crippen LogP contribution in [0, 0.1) is 5.92 Å². The Labute approximate surface area is 185 Å². The van der Waals surface area contributed by atoms with Crippen LogP contribution in [0.1, 0.15) is 39.0 Å². The average molecular weight is 430 g/mol. The highest BCUT2D eigenvalue weighted by Gasteiger charge is 2.41. The van der Waals surface area contributed by atoms with Gasteiger partial charge in [-0.3, -0.25) is 9.59 Å². The maximum Gasteiger partial charge on any atom is 0.222 e. The number of rotatable bonds is 4. The normalized spacial score (nSPS) is 23.7. The number of piperazine rings is 1. The first-order valence-electron chi connectivity index (χ1n) is 11.5. The van der Waals surface area contributed by atoms with E-state index in [2.05, 4.69) is 17.0 Å². The third kappa shape index (κ3) is 5.14. The third-order valence-electron chi connectivity index (χ3n) is 7.23. The van der Waals surface area contributed by atoms with Crippen LogP contribution in [0.2, 0.25) is 0 Å². The molecule has 1 unspecified atom stereocenters. The van der Waals surface area contributed by atoms with Crippen molar-refractivity contribution in [1.29, 1.82) is 0 Å². The topological polar surface area (TPSA) is 62.3 Å². The molecule has 3 aliphatic heterocycles. The Bertz CT molecular complexity index is 783. The van der Waals surface area contributed by atoms with Gasteiger partial charge in [0.05, 0.1) is 12.7 Å². The summed E-state index contributed by atoms with van der Waals surface area (Å²) in [5, 5.41) is 0. The highest BCUT2D eigenvalue weighted by molar-refractivity contribution is 5.77. The van der Waals surface area contributed by atoms with E-state index >= 15 is 0 Å². The van der Waals surface area contributed by atoms with Crippen molar-refractivity contribution in [2.24, 2.45) is 5.92 Å². The third-order valence-corrected chi connectivity index (χ3v) is 7.23. The molecule has 7 heteroatoms. The van der Waals surface area contributed by atoms with Gasteiger partial charge >= 0.3 is 0 Å². The molecule has 3 heterocycles. The van der Waals surface area contributed by atoms with Crippen LogP contribution < -0.4 is 9.64 Å². The number of methoxy groups -OCH3 is 1. The lowest BCUT2D eigenvalue weighted by molar-refractivity contribution is -0.148. The maximum atomic E-state index is 13.0. The average Bonchev–Trinajstić information content (AvgIpc) is 2.79. The summed E-state index contributed by atoms with van der Waals surface area (Å²) in [7, 11) is 1.68. The molecule has 3 saturated heterocycles. The van der Waals surface area contributed by atoms with E-state index in [0.29, 0.717) is 12.3 Å². The molecule has 0 aliphatic carbocycles. The predicted octanol–water partition coefficient (Wildman–Crippen LogP) is 2.54. The van der Waals surface area contributed by atoms with Gasteiger partial charge in [-0.1, -0.05) is 6.07 Å². The van der Waals surface area contributed by atoms with Crippen LogP contribution in [-0.4, -0.2) is 80.2 Å². The Morgan fingerprint density at radius 1 is 1.10 bits per heavy atom. The zero-order valence-corrected chi connectivity index (χ0v) is 18.8. The SMILES string of the molecule is COc1cccc(N2CCN(C(=O)CC3CCOC4(CCN(C(C)=O)CC4)C3)CC2)c1. The van der Waals surface area contributed by atoms with Crippen molar-refractivity contribution in [3.05, 3.63) is 24.3 Å². The van der Waals surface area contributed by atoms with E-state index in [1.165, 1.54) is 0 Å². The second kappa shape index (κ2) is 9.47. The van der Waals surface area contributed by atoms with Gasteiger partial charge in [0.1, 0.15) is 5.75 Å². The van der Waals surface area contributed by atoms with Crippen LogP contribution in [0.15, 0.2) is 24.3 Å². The molecule has 1 aromatic carbocycles. The molecule has 0 saturated carbocycles. The Kier molecular flexibility index (Phi) is 6.70. The van der Waals surface area contributed by atoms with Crippen LogP contribution in [-0.2, 0) is 14.3 Å². The van der Waals surface area contributed by atoms with Crippen molar-refractivity contribution >= 4 is 17.5 Å². The van der Waals surface area contributed by atoms with Gasteiger partial charge in [0.2, 0.25) is 11.8 Å². The summed E-state index contributed by atoms with van der Waals surface area (Å²) < 4.78 is 11.5. The van der Waals surface area contributed by atoms with Gasteiger partial charge in [0.25, 0.3) is 0 Å². The van der Waals surface area contributed by atoms with Crippen molar-refractivity contribution in [3.63, 3.8) is 0 Å². The lowest BCUT2D eigenvalue weighted by Crippen LogP contribution is -2.51. The fraction of sp³-hybridized carbons (Fsp3) is 0.667. The number of benzene rings is 1. The molecule has 3 fully saturated rings. The molecule has 170 valence electrons. The largest absolute Gasteiger partial charge is 0.497 e. The van der Waals surface area contributed by atoms with E-state index in [-0.39, 0.29) is 17.4 Å². The number of likely N-dealkylation sites (tertiary alicyclic amines) is 1. The van der Waals surface area contributed by atoms with E-state index in [1.54, 1.807) is 14.0 Å². The summed E-state index contributed by atoms with van der Waals surface area (Å²) >= 11 is 0. The van der Waals surface area contributed by atoms with Crippen molar-refractivity contribution < 1.29 is 19.1 Å². The minimum Gasteiger partial charge on any atom is -0.497 e. The van der Waals surface area contributed by atoms with Gasteiger partial charge < -0.3 is 24.2 Å². The summed E-state index contributed by atoms with van der Waals surface area (Å²) in [5.74, 6) is 1.65. The molecule has 0 aromatic heterocycles. The first kappa shape index (κ1) is 21.9. The first-order valence-corrected chi connectivity index (χ1v) is 11.5. The van der Waals surface area contributed by atoms with Gasteiger partial charge in [-0.25, -0.2) is 0 Å². The molecule has 0 bridgehead atoms. The van der Waals surface area contributed by atoms with Crippen molar-refractivity contribution in [3.8, 4) is 5.75 Å². The number of nitrogens with zero attached hydrogens (tertiary/aromatic N) is 3. The van der Waals surface area contributed by atoms with E-state index in [1.807, 2.05) is 21.9 Å². The summed E-state index contributed by atoms with van der Waals surface area (Å²) in [4.78, 5) is 30.9. The van der Waals surface area contributed by atoms with Gasteiger partial charge in [0.15, 0.2) is 0 Å². The monoisotopic (exact) mass is 429 g/mol. The standard InChI is InChI=1S/C24H35N3O4/c1-19(28)25-9-7-24(8-10-25)18-20(6-15-31-24)16-23(29)27-13-11-26(12-14-27)21-4-3-5-22(17-21)30-2/h3-5,17,20H,6-16,18H2,1-2H3. The minimum atomic E-state index is -0.139. The molecular weight excluding hydrogens is 394 g/mol. The highest BCUT2D eigenvalue weighted by Crippen LogP contribution is 2.39. The number of anilines is 1. The fourth-order valence-corrected chi connectivity index (χ4v) is 5.28. The molecule has 0 N–H and O–H groups in total. The Morgan fingerprint density at radius 2 is 1.84 bits per heavy atom. The van der Waals surface area contributed by atoms with E-state index < -0.39 is 0 Å².